The number of carbonyl (C=O) groups excluding carboxylic acids is 2. The minimum Gasteiger partial charge on any atom is -0.353 e. The number of nitrogens with two attached hydrogens (primary N) is 1. The maximum Gasteiger partial charge on any atom is 0.220 e. The van der Waals surface area contributed by atoms with Crippen LogP contribution in [-0.2, 0) is 17.6 Å². The van der Waals surface area contributed by atoms with Crippen molar-refractivity contribution < 1.29 is 9.59 Å². The highest BCUT2D eigenvalue weighted by molar-refractivity contribution is 5.98. The molecule has 3 N–H and O–H groups in total. The second-order valence-corrected chi connectivity index (χ2v) is 8.89. The van der Waals surface area contributed by atoms with Crippen molar-refractivity contribution >= 4 is 11.7 Å². The monoisotopic (exact) mass is 368 g/mol. The lowest BCUT2D eigenvalue weighted by molar-refractivity contribution is -0.123. The van der Waals surface area contributed by atoms with Gasteiger partial charge in [0.15, 0.2) is 5.78 Å². The van der Waals surface area contributed by atoms with Crippen LogP contribution >= 0.6 is 0 Å². The van der Waals surface area contributed by atoms with Crippen LogP contribution in [0.1, 0.15) is 79.3 Å². The summed E-state index contributed by atoms with van der Waals surface area (Å²) in [6, 6.07) is 6.66. The van der Waals surface area contributed by atoms with E-state index in [9.17, 15) is 9.59 Å². The summed E-state index contributed by atoms with van der Waals surface area (Å²) >= 11 is 0. The van der Waals surface area contributed by atoms with Gasteiger partial charge in [0.05, 0.1) is 0 Å². The molecule has 1 amide bonds. The molecule has 2 bridgehead atoms. The summed E-state index contributed by atoms with van der Waals surface area (Å²) in [7, 11) is 0. The van der Waals surface area contributed by atoms with Gasteiger partial charge in [-0.15, -0.1) is 0 Å². The molecule has 3 aliphatic carbocycles. The van der Waals surface area contributed by atoms with Gasteiger partial charge in [-0.3, -0.25) is 9.59 Å². The Balaban J connectivity index is 1.31. The lowest BCUT2D eigenvalue weighted by atomic mass is 9.67. The highest BCUT2D eigenvalue weighted by atomic mass is 16.2. The molecule has 2 saturated carbocycles. The minimum atomic E-state index is 0.0266. The first kappa shape index (κ1) is 18.7. The van der Waals surface area contributed by atoms with Crippen molar-refractivity contribution in [3.05, 3.63) is 34.9 Å². The SMILES string of the molecule is NC1CC2CCCC(C1)C2NC(=O)CCC(=O)c1ccc2c(c1)CCCC2. The number of fused-ring (bicyclic) bond motifs is 3. The lowest BCUT2D eigenvalue weighted by Crippen LogP contribution is -2.53. The summed E-state index contributed by atoms with van der Waals surface area (Å²) in [6.45, 7) is 0. The fraction of sp³-hybridized carbons (Fsp3) is 0.652. The van der Waals surface area contributed by atoms with E-state index in [0.29, 0.717) is 24.3 Å². The number of hydrogen-bond acceptors (Lipinski definition) is 3. The van der Waals surface area contributed by atoms with Crippen LogP contribution in [0.4, 0.5) is 0 Å². The number of ketones is 1. The maximum atomic E-state index is 12.6. The van der Waals surface area contributed by atoms with Crippen molar-refractivity contribution in [1.82, 2.24) is 5.32 Å². The number of hydrogen-bond donors (Lipinski definition) is 2. The Hall–Kier alpha value is -1.68. The molecule has 0 saturated heterocycles. The molecule has 1 aromatic carbocycles. The van der Waals surface area contributed by atoms with Gasteiger partial charge in [0.2, 0.25) is 5.91 Å². The first-order chi connectivity index (χ1) is 13.1. The predicted octanol–water partition coefficient (Wildman–Crippen LogP) is 3.55. The molecule has 2 fully saturated rings. The van der Waals surface area contributed by atoms with Crippen LogP contribution in [0, 0.1) is 11.8 Å². The van der Waals surface area contributed by atoms with Gasteiger partial charge in [-0.25, -0.2) is 0 Å². The Morgan fingerprint density at radius 3 is 2.41 bits per heavy atom. The van der Waals surface area contributed by atoms with Crippen molar-refractivity contribution in [2.45, 2.75) is 82.7 Å². The van der Waals surface area contributed by atoms with Gasteiger partial charge >= 0.3 is 0 Å². The normalized spacial score (nSPS) is 29.7. The summed E-state index contributed by atoms with van der Waals surface area (Å²) in [5.74, 6) is 1.16. The smallest absolute Gasteiger partial charge is 0.220 e. The van der Waals surface area contributed by atoms with Gasteiger partial charge in [-0.2, -0.15) is 0 Å². The number of nitrogens with one attached hydrogen (secondary N) is 1. The molecule has 0 radical (unpaired) electrons. The molecule has 4 heteroatoms. The van der Waals surface area contributed by atoms with Gasteiger partial charge in [0.25, 0.3) is 0 Å². The van der Waals surface area contributed by atoms with Crippen LogP contribution in [0.3, 0.4) is 0 Å². The molecule has 0 aromatic heterocycles. The van der Waals surface area contributed by atoms with Crippen LogP contribution < -0.4 is 11.1 Å². The maximum absolute atomic E-state index is 12.6. The molecule has 2 atom stereocenters. The van der Waals surface area contributed by atoms with Crippen molar-refractivity contribution in [2.24, 2.45) is 17.6 Å². The van der Waals surface area contributed by atoms with E-state index in [4.69, 9.17) is 5.73 Å². The van der Waals surface area contributed by atoms with E-state index in [0.717, 1.165) is 31.2 Å². The number of rotatable bonds is 5. The zero-order chi connectivity index (χ0) is 18.8. The largest absolute Gasteiger partial charge is 0.353 e. The Labute approximate surface area is 162 Å². The Morgan fingerprint density at radius 2 is 1.67 bits per heavy atom. The van der Waals surface area contributed by atoms with Gasteiger partial charge < -0.3 is 11.1 Å². The minimum absolute atomic E-state index is 0.0266. The van der Waals surface area contributed by atoms with Crippen molar-refractivity contribution in [3.63, 3.8) is 0 Å². The van der Waals surface area contributed by atoms with E-state index in [1.165, 1.54) is 43.2 Å². The number of amides is 1. The summed E-state index contributed by atoms with van der Waals surface area (Å²) in [5.41, 5.74) is 9.65. The molecule has 2 unspecified atom stereocenters. The van der Waals surface area contributed by atoms with E-state index in [-0.39, 0.29) is 24.2 Å². The fourth-order valence-corrected chi connectivity index (χ4v) is 5.56. The molecule has 146 valence electrons. The fourth-order valence-electron chi connectivity index (χ4n) is 5.56. The highest BCUT2D eigenvalue weighted by Gasteiger charge is 2.39. The number of Topliss-reactive ketones (excluding diaryl/α,β-unsaturated/α-hetero) is 1. The van der Waals surface area contributed by atoms with Crippen molar-refractivity contribution in [2.75, 3.05) is 0 Å². The third kappa shape index (κ3) is 4.26. The number of carbonyl (C=O) groups is 2. The average molecular weight is 369 g/mol. The Morgan fingerprint density at radius 1 is 0.963 bits per heavy atom. The summed E-state index contributed by atoms with van der Waals surface area (Å²) in [5, 5.41) is 3.25. The summed E-state index contributed by atoms with van der Waals surface area (Å²) in [4.78, 5) is 25.1. The molecule has 0 spiro atoms. The van der Waals surface area contributed by atoms with Crippen molar-refractivity contribution in [3.8, 4) is 0 Å². The first-order valence-corrected chi connectivity index (χ1v) is 10.8. The third-order valence-corrected chi connectivity index (χ3v) is 6.95. The molecule has 0 heterocycles. The molecule has 4 nitrogen and oxygen atoms in total. The van der Waals surface area contributed by atoms with E-state index in [1.807, 2.05) is 6.07 Å². The lowest BCUT2D eigenvalue weighted by Gasteiger charge is -2.45. The van der Waals surface area contributed by atoms with Crippen LogP contribution in [0.15, 0.2) is 18.2 Å². The number of aryl methyl sites for hydroxylation is 2. The van der Waals surface area contributed by atoms with Gasteiger partial charge in [0.1, 0.15) is 0 Å². The van der Waals surface area contributed by atoms with Gasteiger partial charge in [0, 0.05) is 30.5 Å². The third-order valence-electron chi connectivity index (χ3n) is 6.95. The van der Waals surface area contributed by atoms with Crippen LogP contribution in [0.5, 0.6) is 0 Å². The van der Waals surface area contributed by atoms with Crippen molar-refractivity contribution in [1.29, 1.82) is 0 Å². The summed E-state index contributed by atoms with van der Waals surface area (Å²) < 4.78 is 0. The van der Waals surface area contributed by atoms with Gasteiger partial charge in [-0.1, -0.05) is 18.6 Å². The summed E-state index contributed by atoms with van der Waals surface area (Å²) in [6.07, 6.45) is 10.9. The number of benzene rings is 1. The van der Waals surface area contributed by atoms with Gasteiger partial charge in [-0.05, 0) is 80.4 Å². The van der Waals surface area contributed by atoms with E-state index in [1.54, 1.807) is 0 Å². The zero-order valence-corrected chi connectivity index (χ0v) is 16.2. The van der Waals surface area contributed by atoms with Crippen LogP contribution in [-0.4, -0.2) is 23.8 Å². The molecule has 27 heavy (non-hydrogen) atoms. The standard InChI is InChI=1S/C23H32N2O2/c24-20-13-18-6-3-7-19(14-20)23(18)25-22(27)11-10-21(26)17-9-8-15-4-1-2-5-16(15)12-17/h8-9,12,18-20,23H,1-7,10-11,13-14,24H2,(H,25,27). The average Bonchev–Trinajstić information content (AvgIpc) is 2.66. The highest BCUT2D eigenvalue weighted by Crippen LogP contribution is 2.39. The topological polar surface area (TPSA) is 72.2 Å². The molecule has 0 aliphatic heterocycles. The molecular formula is C23H32N2O2. The molecule has 4 rings (SSSR count). The molecule has 3 aliphatic rings. The molecule has 1 aromatic rings. The quantitative estimate of drug-likeness (QED) is 0.781. The van der Waals surface area contributed by atoms with E-state index in [2.05, 4.69) is 17.4 Å². The molecular weight excluding hydrogens is 336 g/mol. The zero-order valence-electron chi connectivity index (χ0n) is 16.2. The predicted molar refractivity (Wildman–Crippen MR) is 107 cm³/mol. The Kier molecular flexibility index (Phi) is 5.63. The first-order valence-electron chi connectivity index (χ1n) is 10.8. The van der Waals surface area contributed by atoms with E-state index < -0.39 is 0 Å². The Bertz CT molecular complexity index is 700. The van der Waals surface area contributed by atoms with Crippen LogP contribution in [0.2, 0.25) is 0 Å². The second kappa shape index (κ2) is 8.14. The second-order valence-electron chi connectivity index (χ2n) is 8.89. The van der Waals surface area contributed by atoms with E-state index >= 15 is 0 Å². The van der Waals surface area contributed by atoms with Crippen LogP contribution in [0.25, 0.3) is 0 Å².